The average Bonchev–Trinajstić information content (AvgIpc) is 3.65. The van der Waals surface area contributed by atoms with Crippen LogP contribution < -0.4 is 0 Å². The minimum Gasteiger partial charge on any atom is -0.456 e. The van der Waals surface area contributed by atoms with Gasteiger partial charge in [0.05, 0.1) is 0 Å². The maximum Gasteiger partial charge on any atom is 0.164 e. The van der Waals surface area contributed by atoms with Crippen LogP contribution in [0.4, 0.5) is 0 Å². The number of hydrogen-bond donors (Lipinski definition) is 0. The molecule has 0 aliphatic rings. The maximum absolute atomic E-state index is 6.79. The first-order valence-corrected chi connectivity index (χ1v) is 18.5. The van der Waals surface area contributed by atoms with Gasteiger partial charge in [-0.2, -0.15) is 0 Å². The predicted octanol–water partition coefficient (Wildman–Crippen LogP) is 13.6. The van der Waals surface area contributed by atoms with Gasteiger partial charge >= 0.3 is 0 Å². The van der Waals surface area contributed by atoms with E-state index >= 15 is 0 Å². The summed E-state index contributed by atoms with van der Waals surface area (Å²) in [5.74, 6) is 1.85. The van der Waals surface area contributed by atoms with Crippen LogP contribution in [-0.4, -0.2) is 15.0 Å². The molecule has 0 saturated heterocycles. The Bertz CT molecular complexity index is 3200. The van der Waals surface area contributed by atoms with Gasteiger partial charge in [-0.1, -0.05) is 170 Å². The number of nitrogens with zero attached hydrogens (tertiary/aromatic N) is 3. The zero-order valence-electron chi connectivity index (χ0n) is 29.6. The van der Waals surface area contributed by atoms with Crippen LogP contribution in [0.1, 0.15) is 0 Å². The summed E-state index contributed by atoms with van der Waals surface area (Å²) in [5, 5.41) is 9.19. The molecule has 2 aromatic heterocycles. The van der Waals surface area contributed by atoms with E-state index in [4.69, 9.17) is 19.4 Å². The van der Waals surface area contributed by atoms with Crippen molar-refractivity contribution in [3.05, 3.63) is 188 Å². The summed E-state index contributed by atoms with van der Waals surface area (Å²) in [7, 11) is 0. The van der Waals surface area contributed by atoms with Crippen molar-refractivity contribution in [1.82, 2.24) is 15.0 Å². The molecule has 0 unspecified atom stereocenters. The van der Waals surface area contributed by atoms with Gasteiger partial charge in [-0.3, -0.25) is 0 Å². The van der Waals surface area contributed by atoms with E-state index in [0.29, 0.717) is 17.5 Å². The first-order valence-electron chi connectivity index (χ1n) is 18.5. The Morgan fingerprint density at radius 2 is 0.855 bits per heavy atom. The largest absolute Gasteiger partial charge is 0.456 e. The summed E-state index contributed by atoms with van der Waals surface area (Å²) >= 11 is 0. The highest BCUT2D eigenvalue weighted by Crippen LogP contribution is 2.45. The molecular formula is C51H31N3O. The van der Waals surface area contributed by atoms with E-state index in [1.807, 2.05) is 72.8 Å². The van der Waals surface area contributed by atoms with Crippen LogP contribution >= 0.6 is 0 Å². The van der Waals surface area contributed by atoms with Crippen molar-refractivity contribution in [2.24, 2.45) is 0 Å². The quantitative estimate of drug-likeness (QED) is 0.179. The minimum absolute atomic E-state index is 0.601. The van der Waals surface area contributed by atoms with Gasteiger partial charge in [0, 0.05) is 27.5 Å². The lowest BCUT2D eigenvalue weighted by molar-refractivity contribution is 0.669. The van der Waals surface area contributed by atoms with Crippen molar-refractivity contribution in [1.29, 1.82) is 0 Å². The molecule has 2 heterocycles. The molecule has 0 N–H and O–H groups in total. The SMILES string of the molecule is c1ccc(-c2nc(-c3ccccc3)nc(-c3cccc4oc5cc(-c6ccc(-c7ccc8ccccc8c7)c7ccccc67)c6ccccc6c5c34)n2)cc1. The third kappa shape index (κ3) is 5.19. The Kier molecular flexibility index (Phi) is 7.14. The summed E-state index contributed by atoms with van der Waals surface area (Å²) < 4.78 is 6.79. The first-order chi connectivity index (χ1) is 27.3. The molecule has 0 aliphatic heterocycles. The number of rotatable bonds is 5. The van der Waals surface area contributed by atoms with Crippen molar-refractivity contribution >= 4 is 54.3 Å². The van der Waals surface area contributed by atoms with E-state index in [1.165, 1.54) is 32.7 Å². The average molecular weight is 702 g/mol. The maximum atomic E-state index is 6.79. The Labute approximate surface area is 317 Å². The molecule has 11 rings (SSSR count). The highest BCUT2D eigenvalue weighted by Gasteiger charge is 2.21. The monoisotopic (exact) mass is 701 g/mol. The molecule has 55 heavy (non-hydrogen) atoms. The summed E-state index contributed by atoms with van der Waals surface area (Å²) in [5.41, 5.74) is 9.08. The summed E-state index contributed by atoms with van der Waals surface area (Å²) in [6.07, 6.45) is 0. The molecule has 9 aromatic carbocycles. The van der Waals surface area contributed by atoms with Gasteiger partial charge < -0.3 is 4.42 Å². The van der Waals surface area contributed by atoms with Crippen LogP contribution in [-0.2, 0) is 0 Å². The van der Waals surface area contributed by atoms with Crippen molar-refractivity contribution in [3.8, 4) is 56.4 Å². The number of aromatic nitrogens is 3. The molecule has 0 saturated carbocycles. The normalized spacial score (nSPS) is 11.6. The lowest BCUT2D eigenvalue weighted by Crippen LogP contribution is -2.00. The van der Waals surface area contributed by atoms with E-state index in [1.54, 1.807) is 0 Å². The second-order valence-electron chi connectivity index (χ2n) is 13.9. The van der Waals surface area contributed by atoms with Gasteiger partial charge in [-0.05, 0) is 72.8 Å². The zero-order chi connectivity index (χ0) is 36.3. The summed E-state index contributed by atoms with van der Waals surface area (Å²) in [6.45, 7) is 0. The molecule has 0 aliphatic carbocycles. The zero-order valence-corrected chi connectivity index (χ0v) is 29.6. The fraction of sp³-hybridized carbons (Fsp3) is 0. The molecule has 0 spiro atoms. The third-order valence-electron chi connectivity index (χ3n) is 10.7. The third-order valence-corrected chi connectivity index (χ3v) is 10.7. The fourth-order valence-corrected chi connectivity index (χ4v) is 8.16. The van der Waals surface area contributed by atoms with Crippen molar-refractivity contribution < 1.29 is 4.42 Å². The molecule has 0 amide bonds. The van der Waals surface area contributed by atoms with Gasteiger partial charge in [0.25, 0.3) is 0 Å². The van der Waals surface area contributed by atoms with E-state index in [-0.39, 0.29) is 0 Å². The van der Waals surface area contributed by atoms with E-state index in [2.05, 4.69) is 115 Å². The van der Waals surface area contributed by atoms with Gasteiger partial charge in [0.2, 0.25) is 0 Å². The Balaban J connectivity index is 1.14. The number of furan rings is 1. The standard InChI is InChI=1S/C51H31N3O/c1-3-15-33(16-4-1)49-52-50(34-17-5-2-6-18-34)54-51(53-49)43-24-13-25-45-48(43)47-42-23-12-11-22-40(42)44(31-46(47)55-45)41-29-28-37(38-20-9-10-21-39(38)41)36-27-26-32-14-7-8-19-35(32)30-36/h1-31H. The van der Waals surface area contributed by atoms with Crippen LogP contribution in [0.3, 0.4) is 0 Å². The molecular weight excluding hydrogens is 671 g/mol. The van der Waals surface area contributed by atoms with Crippen molar-refractivity contribution in [3.63, 3.8) is 0 Å². The van der Waals surface area contributed by atoms with Gasteiger partial charge in [-0.15, -0.1) is 0 Å². The lowest BCUT2D eigenvalue weighted by Gasteiger charge is -2.15. The molecule has 4 nitrogen and oxygen atoms in total. The molecule has 11 aromatic rings. The highest BCUT2D eigenvalue weighted by molar-refractivity contribution is 6.26. The Morgan fingerprint density at radius 3 is 1.56 bits per heavy atom. The molecule has 4 heteroatoms. The van der Waals surface area contributed by atoms with Crippen LogP contribution in [0.5, 0.6) is 0 Å². The van der Waals surface area contributed by atoms with E-state index in [0.717, 1.165) is 60.5 Å². The molecule has 0 bridgehead atoms. The van der Waals surface area contributed by atoms with Crippen LogP contribution in [0.25, 0.3) is 111 Å². The summed E-state index contributed by atoms with van der Waals surface area (Å²) in [4.78, 5) is 15.1. The summed E-state index contributed by atoms with van der Waals surface area (Å²) in [6, 6.07) is 65.8. The second-order valence-corrected chi connectivity index (χ2v) is 13.9. The van der Waals surface area contributed by atoms with Gasteiger partial charge in [0.15, 0.2) is 17.5 Å². The molecule has 0 radical (unpaired) electrons. The topological polar surface area (TPSA) is 51.8 Å². The van der Waals surface area contributed by atoms with E-state index in [9.17, 15) is 0 Å². The molecule has 0 atom stereocenters. The smallest absolute Gasteiger partial charge is 0.164 e. The van der Waals surface area contributed by atoms with Crippen molar-refractivity contribution in [2.45, 2.75) is 0 Å². The van der Waals surface area contributed by atoms with E-state index < -0.39 is 0 Å². The number of benzene rings is 9. The Morgan fingerprint density at radius 1 is 0.291 bits per heavy atom. The lowest BCUT2D eigenvalue weighted by atomic mass is 9.88. The molecule has 256 valence electrons. The second kappa shape index (κ2) is 12.6. The highest BCUT2D eigenvalue weighted by atomic mass is 16.3. The Hall–Kier alpha value is -7.43. The molecule has 0 fully saturated rings. The number of fused-ring (bicyclic) bond motifs is 7. The first kappa shape index (κ1) is 31.1. The van der Waals surface area contributed by atoms with Crippen LogP contribution in [0.2, 0.25) is 0 Å². The van der Waals surface area contributed by atoms with Gasteiger partial charge in [0.1, 0.15) is 11.2 Å². The van der Waals surface area contributed by atoms with Crippen LogP contribution in [0.15, 0.2) is 192 Å². The number of hydrogen-bond acceptors (Lipinski definition) is 4. The predicted molar refractivity (Wildman–Crippen MR) is 227 cm³/mol. The minimum atomic E-state index is 0.601. The fourth-order valence-electron chi connectivity index (χ4n) is 8.16. The van der Waals surface area contributed by atoms with Gasteiger partial charge in [-0.25, -0.2) is 15.0 Å². The van der Waals surface area contributed by atoms with Crippen LogP contribution in [0, 0.1) is 0 Å². The van der Waals surface area contributed by atoms with Crippen molar-refractivity contribution in [2.75, 3.05) is 0 Å².